The summed E-state index contributed by atoms with van der Waals surface area (Å²) in [5, 5.41) is 0. The summed E-state index contributed by atoms with van der Waals surface area (Å²) >= 11 is 0. The minimum Gasteiger partial charge on any atom is -0.493 e. The molecule has 0 aromatic heterocycles. The third-order valence-electron chi connectivity index (χ3n) is 3.16. The fourth-order valence-corrected chi connectivity index (χ4v) is 2.12. The molecule has 1 aliphatic heterocycles. The van der Waals surface area contributed by atoms with Gasteiger partial charge >= 0.3 is 0 Å². The normalized spacial score (nSPS) is 14.3. The van der Waals surface area contributed by atoms with Gasteiger partial charge in [-0.2, -0.15) is 0 Å². The highest BCUT2D eigenvalue weighted by atomic mass is 16.5. The van der Waals surface area contributed by atoms with E-state index in [-0.39, 0.29) is 5.91 Å². The standard InChI is InChI=1S/C14H18N2O3/c1-10-15-6-7-16(10)14(17)9-11-4-5-12(18-2)13(8-11)19-3/h4-5,8H,6-7,9H2,1-3H3. The first kappa shape index (κ1) is 13.4. The number of rotatable bonds is 4. The molecule has 1 aliphatic rings. The van der Waals surface area contributed by atoms with E-state index in [9.17, 15) is 4.79 Å². The second-order valence-corrected chi connectivity index (χ2v) is 4.34. The monoisotopic (exact) mass is 262 g/mol. The predicted octanol–water partition coefficient (Wildman–Crippen LogP) is 1.51. The molecule has 1 amide bonds. The Kier molecular flexibility index (Phi) is 4.04. The van der Waals surface area contributed by atoms with E-state index in [2.05, 4.69) is 4.99 Å². The SMILES string of the molecule is COc1ccc(CC(=O)N2CCN=C2C)cc1OC. The zero-order valence-corrected chi connectivity index (χ0v) is 11.5. The Morgan fingerprint density at radius 2 is 2.05 bits per heavy atom. The summed E-state index contributed by atoms with van der Waals surface area (Å²) in [6.07, 6.45) is 0.340. The Morgan fingerprint density at radius 1 is 1.32 bits per heavy atom. The topological polar surface area (TPSA) is 51.1 Å². The van der Waals surface area contributed by atoms with Gasteiger partial charge in [-0.1, -0.05) is 6.07 Å². The van der Waals surface area contributed by atoms with Crippen molar-refractivity contribution in [3.63, 3.8) is 0 Å². The Balaban J connectivity index is 2.11. The molecule has 0 N–H and O–H groups in total. The number of ether oxygens (including phenoxy) is 2. The van der Waals surface area contributed by atoms with Crippen molar-refractivity contribution in [1.82, 2.24) is 4.90 Å². The van der Waals surface area contributed by atoms with Gasteiger partial charge in [0.05, 0.1) is 27.2 Å². The third kappa shape index (κ3) is 2.86. The Hall–Kier alpha value is -2.04. The van der Waals surface area contributed by atoms with Crippen LogP contribution in [0.3, 0.4) is 0 Å². The lowest BCUT2D eigenvalue weighted by Gasteiger charge is -2.16. The van der Waals surface area contributed by atoms with Gasteiger partial charge in [-0.15, -0.1) is 0 Å². The molecule has 0 atom stereocenters. The van der Waals surface area contributed by atoms with Crippen LogP contribution in [0.2, 0.25) is 0 Å². The number of aliphatic imine (C=N–C) groups is 1. The predicted molar refractivity (Wildman–Crippen MR) is 72.9 cm³/mol. The van der Waals surface area contributed by atoms with Crippen LogP contribution in [0.15, 0.2) is 23.2 Å². The van der Waals surface area contributed by atoms with Gasteiger partial charge in [0.2, 0.25) is 5.91 Å². The maximum atomic E-state index is 12.2. The molecule has 0 unspecified atom stereocenters. The van der Waals surface area contributed by atoms with Gasteiger partial charge in [0.1, 0.15) is 5.84 Å². The fourth-order valence-electron chi connectivity index (χ4n) is 2.12. The molecule has 0 spiro atoms. The van der Waals surface area contributed by atoms with Crippen molar-refractivity contribution in [3.05, 3.63) is 23.8 Å². The molecule has 2 rings (SSSR count). The molecule has 0 aliphatic carbocycles. The molecule has 102 valence electrons. The Bertz CT molecular complexity index is 511. The van der Waals surface area contributed by atoms with Crippen LogP contribution in [0.4, 0.5) is 0 Å². The maximum absolute atomic E-state index is 12.2. The van der Waals surface area contributed by atoms with E-state index in [1.54, 1.807) is 19.1 Å². The summed E-state index contributed by atoms with van der Waals surface area (Å²) in [6, 6.07) is 5.52. The van der Waals surface area contributed by atoms with Gasteiger partial charge in [0, 0.05) is 6.54 Å². The molecule has 5 heteroatoms. The molecule has 1 aromatic carbocycles. The summed E-state index contributed by atoms with van der Waals surface area (Å²) in [5.41, 5.74) is 0.905. The van der Waals surface area contributed by atoms with Crippen LogP contribution in [0.1, 0.15) is 12.5 Å². The highest BCUT2D eigenvalue weighted by Gasteiger charge is 2.20. The van der Waals surface area contributed by atoms with Gasteiger partial charge in [-0.25, -0.2) is 0 Å². The highest BCUT2D eigenvalue weighted by Crippen LogP contribution is 2.27. The number of amidine groups is 1. The molecular formula is C14H18N2O3. The average Bonchev–Trinajstić information content (AvgIpc) is 2.85. The van der Waals surface area contributed by atoms with Crippen LogP contribution in [0, 0.1) is 0 Å². The van der Waals surface area contributed by atoms with Crippen molar-refractivity contribution >= 4 is 11.7 Å². The van der Waals surface area contributed by atoms with Crippen LogP contribution >= 0.6 is 0 Å². The van der Waals surface area contributed by atoms with Gasteiger partial charge in [0.25, 0.3) is 0 Å². The summed E-state index contributed by atoms with van der Waals surface area (Å²) in [7, 11) is 3.17. The molecular weight excluding hydrogens is 244 g/mol. The van der Waals surface area contributed by atoms with Crippen molar-refractivity contribution in [2.24, 2.45) is 4.99 Å². The van der Waals surface area contributed by atoms with E-state index >= 15 is 0 Å². The van der Waals surface area contributed by atoms with Crippen molar-refractivity contribution in [2.75, 3.05) is 27.3 Å². The quantitative estimate of drug-likeness (QED) is 0.826. The molecule has 0 saturated heterocycles. The first-order valence-corrected chi connectivity index (χ1v) is 6.18. The largest absolute Gasteiger partial charge is 0.493 e. The second kappa shape index (κ2) is 5.73. The van der Waals surface area contributed by atoms with Crippen molar-refractivity contribution in [2.45, 2.75) is 13.3 Å². The van der Waals surface area contributed by atoms with Crippen molar-refractivity contribution < 1.29 is 14.3 Å². The highest BCUT2D eigenvalue weighted by molar-refractivity contribution is 5.98. The van der Waals surface area contributed by atoms with Gasteiger partial charge in [0.15, 0.2) is 11.5 Å². The van der Waals surface area contributed by atoms with Crippen LogP contribution in [-0.2, 0) is 11.2 Å². The second-order valence-electron chi connectivity index (χ2n) is 4.34. The lowest BCUT2D eigenvalue weighted by atomic mass is 10.1. The number of methoxy groups -OCH3 is 2. The van der Waals surface area contributed by atoms with Gasteiger partial charge in [-0.3, -0.25) is 14.7 Å². The number of benzene rings is 1. The molecule has 0 radical (unpaired) electrons. The van der Waals surface area contributed by atoms with E-state index in [4.69, 9.17) is 9.47 Å². The summed E-state index contributed by atoms with van der Waals surface area (Å²) in [4.78, 5) is 18.1. The third-order valence-corrected chi connectivity index (χ3v) is 3.16. The fraction of sp³-hybridized carbons (Fsp3) is 0.429. The van der Waals surface area contributed by atoms with Crippen LogP contribution in [0.25, 0.3) is 0 Å². The zero-order valence-electron chi connectivity index (χ0n) is 11.5. The average molecular weight is 262 g/mol. The van der Waals surface area contributed by atoms with E-state index in [1.807, 2.05) is 25.1 Å². The van der Waals surface area contributed by atoms with E-state index in [0.717, 1.165) is 11.4 Å². The maximum Gasteiger partial charge on any atom is 0.232 e. The number of amides is 1. The summed E-state index contributed by atoms with van der Waals surface area (Å²) < 4.78 is 10.4. The molecule has 0 saturated carbocycles. The number of carbonyl (C=O) groups is 1. The van der Waals surface area contributed by atoms with E-state index in [0.29, 0.717) is 31.0 Å². The first-order chi connectivity index (χ1) is 9.15. The Labute approximate surface area is 112 Å². The lowest BCUT2D eigenvalue weighted by Crippen LogP contribution is -2.33. The number of carbonyl (C=O) groups excluding carboxylic acids is 1. The van der Waals surface area contributed by atoms with E-state index in [1.165, 1.54) is 0 Å². The zero-order chi connectivity index (χ0) is 13.8. The van der Waals surface area contributed by atoms with Crippen LogP contribution in [0.5, 0.6) is 11.5 Å². The van der Waals surface area contributed by atoms with Crippen LogP contribution < -0.4 is 9.47 Å². The number of hydrogen-bond acceptors (Lipinski definition) is 4. The molecule has 5 nitrogen and oxygen atoms in total. The Morgan fingerprint density at radius 3 is 2.63 bits per heavy atom. The molecule has 0 fully saturated rings. The van der Waals surface area contributed by atoms with Crippen molar-refractivity contribution in [1.29, 1.82) is 0 Å². The molecule has 1 heterocycles. The minimum atomic E-state index is 0.0611. The summed E-state index contributed by atoms with van der Waals surface area (Å²) in [6.45, 7) is 3.24. The molecule has 1 aromatic rings. The first-order valence-electron chi connectivity index (χ1n) is 6.18. The molecule has 0 bridgehead atoms. The number of hydrogen-bond donors (Lipinski definition) is 0. The lowest BCUT2D eigenvalue weighted by molar-refractivity contribution is -0.126. The molecule has 19 heavy (non-hydrogen) atoms. The number of nitrogens with zero attached hydrogens (tertiary/aromatic N) is 2. The van der Waals surface area contributed by atoms with Gasteiger partial charge < -0.3 is 9.47 Å². The summed E-state index contributed by atoms with van der Waals surface area (Å²) in [5.74, 6) is 2.16. The van der Waals surface area contributed by atoms with Crippen molar-refractivity contribution in [3.8, 4) is 11.5 Å². The smallest absolute Gasteiger partial charge is 0.232 e. The van der Waals surface area contributed by atoms with E-state index < -0.39 is 0 Å². The van der Waals surface area contributed by atoms with Gasteiger partial charge in [-0.05, 0) is 24.6 Å². The minimum absolute atomic E-state index is 0.0611. The van der Waals surface area contributed by atoms with Crippen LogP contribution in [-0.4, -0.2) is 44.0 Å².